The van der Waals surface area contributed by atoms with E-state index in [1.54, 1.807) is 6.92 Å². The molecule has 0 aromatic carbocycles. The molecule has 0 spiro atoms. The van der Waals surface area contributed by atoms with E-state index in [1.165, 1.54) is 0 Å². The topological polar surface area (TPSA) is 108 Å². The minimum absolute atomic E-state index is 0.0677. The molecule has 0 bridgehead atoms. The van der Waals surface area contributed by atoms with Crippen LogP contribution in [-0.2, 0) is 9.59 Å². The van der Waals surface area contributed by atoms with Crippen LogP contribution in [0.15, 0.2) is 0 Å². The number of nitrogens with one attached hydrogen (secondary N) is 4. The molecule has 0 aliphatic rings. The van der Waals surface area contributed by atoms with Crippen molar-refractivity contribution in [2.75, 3.05) is 39.3 Å². The highest BCUT2D eigenvalue weighted by molar-refractivity contribution is 5.87. The average molecular weight is 344 g/mol. The fourth-order valence-electron chi connectivity index (χ4n) is 2.16. The summed E-state index contributed by atoms with van der Waals surface area (Å²) in [5.41, 5.74) is 5.42. The van der Waals surface area contributed by atoms with Gasteiger partial charge in [-0.25, -0.2) is 0 Å². The summed E-state index contributed by atoms with van der Waals surface area (Å²) >= 11 is 0. The number of rotatable bonds is 16. The Balaban J connectivity index is 3.37. The lowest BCUT2D eigenvalue weighted by Crippen LogP contribution is -2.45. The molecule has 6 N–H and O–H groups in total. The Labute approximate surface area is 146 Å². The number of hydrogen-bond acceptors (Lipinski definition) is 5. The van der Waals surface area contributed by atoms with Crippen molar-refractivity contribution in [1.82, 2.24) is 21.3 Å². The standard InChI is InChI=1S/C17H37N5O2/c1-3-8-16(23)22-15(2)17(24)21-14-5-4-10-19-12-7-13-20-11-6-9-18/h15,19-20H,3-14,18H2,1-2H3,(H,21,24)(H,22,23)/t15-/m0/s1. The zero-order valence-corrected chi connectivity index (χ0v) is 15.5. The number of unbranched alkanes of at least 4 members (excludes halogenated alkanes) is 1. The maximum absolute atomic E-state index is 11.8. The van der Waals surface area contributed by atoms with Crippen molar-refractivity contribution in [1.29, 1.82) is 0 Å². The summed E-state index contributed by atoms with van der Waals surface area (Å²) in [5, 5.41) is 12.3. The Hall–Kier alpha value is -1.18. The first-order valence-electron chi connectivity index (χ1n) is 9.30. The van der Waals surface area contributed by atoms with Gasteiger partial charge in [-0.05, 0) is 71.8 Å². The van der Waals surface area contributed by atoms with Gasteiger partial charge < -0.3 is 27.0 Å². The van der Waals surface area contributed by atoms with Crippen LogP contribution in [0.1, 0.15) is 52.4 Å². The van der Waals surface area contributed by atoms with Gasteiger partial charge in [-0.2, -0.15) is 0 Å². The van der Waals surface area contributed by atoms with Crippen molar-refractivity contribution < 1.29 is 9.59 Å². The lowest BCUT2D eigenvalue weighted by Gasteiger charge is -2.14. The zero-order valence-electron chi connectivity index (χ0n) is 15.5. The molecule has 7 nitrogen and oxygen atoms in total. The Morgan fingerprint density at radius 1 is 0.917 bits per heavy atom. The van der Waals surface area contributed by atoms with Crippen LogP contribution in [0, 0.1) is 0 Å². The Bertz CT molecular complexity index is 326. The normalized spacial score (nSPS) is 12.0. The summed E-state index contributed by atoms with van der Waals surface area (Å²) in [6.45, 7) is 9.02. The highest BCUT2D eigenvalue weighted by Gasteiger charge is 2.13. The van der Waals surface area contributed by atoms with Crippen LogP contribution in [0.3, 0.4) is 0 Å². The number of carbonyl (C=O) groups excluding carboxylic acids is 2. The van der Waals surface area contributed by atoms with Gasteiger partial charge >= 0.3 is 0 Å². The predicted molar refractivity (Wildman–Crippen MR) is 98.8 cm³/mol. The van der Waals surface area contributed by atoms with E-state index in [0.717, 1.165) is 64.8 Å². The maximum Gasteiger partial charge on any atom is 0.242 e. The SMILES string of the molecule is CCCC(=O)N[C@@H](C)C(=O)NCCCCNCCCNCCCN. The van der Waals surface area contributed by atoms with Gasteiger partial charge in [0.1, 0.15) is 6.04 Å². The van der Waals surface area contributed by atoms with E-state index in [9.17, 15) is 9.59 Å². The second-order valence-corrected chi connectivity index (χ2v) is 6.03. The smallest absolute Gasteiger partial charge is 0.242 e. The maximum atomic E-state index is 11.8. The Morgan fingerprint density at radius 3 is 2.12 bits per heavy atom. The lowest BCUT2D eigenvalue weighted by atomic mass is 10.2. The molecular formula is C17H37N5O2. The largest absolute Gasteiger partial charge is 0.354 e. The molecule has 0 heterocycles. The average Bonchev–Trinajstić information content (AvgIpc) is 2.55. The monoisotopic (exact) mass is 343 g/mol. The first kappa shape index (κ1) is 22.8. The molecule has 0 aliphatic carbocycles. The first-order valence-corrected chi connectivity index (χ1v) is 9.30. The van der Waals surface area contributed by atoms with E-state index in [4.69, 9.17) is 5.73 Å². The van der Waals surface area contributed by atoms with E-state index < -0.39 is 6.04 Å². The van der Waals surface area contributed by atoms with E-state index in [-0.39, 0.29) is 11.8 Å². The number of nitrogens with two attached hydrogens (primary N) is 1. The third-order valence-corrected chi connectivity index (χ3v) is 3.59. The molecule has 0 aromatic rings. The van der Waals surface area contributed by atoms with Crippen molar-refractivity contribution in [3.05, 3.63) is 0 Å². The molecule has 0 saturated carbocycles. The molecule has 1 atom stereocenters. The third-order valence-electron chi connectivity index (χ3n) is 3.59. The van der Waals surface area contributed by atoms with Crippen molar-refractivity contribution in [2.45, 2.75) is 58.4 Å². The Morgan fingerprint density at radius 2 is 1.50 bits per heavy atom. The van der Waals surface area contributed by atoms with Crippen molar-refractivity contribution in [3.63, 3.8) is 0 Å². The van der Waals surface area contributed by atoms with Gasteiger partial charge in [0.25, 0.3) is 0 Å². The van der Waals surface area contributed by atoms with Gasteiger partial charge in [-0.1, -0.05) is 6.92 Å². The molecule has 0 rings (SSSR count). The molecule has 0 saturated heterocycles. The van der Waals surface area contributed by atoms with E-state index in [2.05, 4.69) is 21.3 Å². The van der Waals surface area contributed by atoms with E-state index >= 15 is 0 Å². The molecule has 7 heteroatoms. The summed E-state index contributed by atoms with van der Waals surface area (Å²) in [6.07, 6.45) is 5.35. The fraction of sp³-hybridized carbons (Fsp3) is 0.882. The quantitative estimate of drug-likeness (QED) is 0.256. The van der Waals surface area contributed by atoms with Crippen LogP contribution >= 0.6 is 0 Å². The fourth-order valence-corrected chi connectivity index (χ4v) is 2.16. The van der Waals surface area contributed by atoms with E-state index in [0.29, 0.717) is 13.0 Å². The third kappa shape index (κ3) is 14.4. The summed E-state index contributed by atoms with van der Waals surface area (Å²) < 4.78 is 0. The second-order valence-electron chi connectivity index (χ2n) is 6.03. The van der Waals surface area contributed by atoms with Gasteiger partial charge in [0, 0.05) is 13.0 Å². The highest BCUT2D eigenvalue weighted by Crippen LogP contribution is 1.91. The summed E-state index contributed by atoms with van der Waals surface area (Å²) in [5.74, 6) is -0.183. The van der Waals surface area contributed by atoms with Gasteiger partial charge in [0.05, 0.1) is 0 Å². The highest BCUT2D eigenvalue weighted by atomic mass is 16.2. The molecule has 0 radical (unpaired) electrons. The van der Waals surface area contributed by atoms with E-state index in [1.807, 2.05) is 6.92 Å². The Kier molecular flexibility index (Phi) is 15.9. The van der Waals surface area contributed by atoms with Crippen molar-refractivity contribution in [3.8, 4) is 0 Å². The van der Waals surface area contributed by atoms with Crippen LogP contribution in [0.2, 0.25) is 0 Å². The molecule has 142 valence electrons. The molecule has 0 unspecified atom stereocenters. The molecule has 2 amide bonds. The number of amides is 2. The van der Waals surface area contributed by atoms with Crippen LogP contribution < -0.4 is 27.0 Å². The lowest BCUT2D eigenvalue weighted by molar-refractivity contribution is -0.128. The molecule has 0 fully saturated rings. The van der Waals surface area contributed by atoms with Gasteiger partial charge in [0.2, 0.25) is 11.8 Å². The first-order chi connectivity index (χ1) is 11.6. The van der Waals surface area contributed by atoms with Crippen LogP contribution in [-0.4, -0.2) is 57.1 Å². The van der Waals surface area contributed by atoms with Crippen LogP contribution in [0.4, 0.5) is 0 Å². The second kappa shape index (κ2) is 16.7. The number of carbonyl (C=O) groups is 2. The minimum Gasteiger partial charge on any atom is -0.354 e. The predicted octanol–water partition coefficient (Wildman–Crippen LogP) is 0.106. The summed E-state index contributed by atoms with van der Waals surface area (Å²) in [7, 11) is 0. The zero-order chi connectivity index (χ0) is 18.0. The van der Waals surface area contributed by atoms with Crippen LogP contribution in [0.25, 0.3) is 0 Å². The molecule has 0 aliphatic heterocycles. The molecular weight excluding hydrogens is 306 g/mol. The number of hydrogen-bond donors (Lipinski definition) is 5. The summed E-state index contributed by atoms with van der Waals surface area (Å²) in [4.78, 5) is 23.2. The van der Waals surface area contributed by atoms with Crippen LogP contribution in [0.5, 0.6) is 0 Å². The minimum atomic E-state index is -0.464. The molecule has 0 aromatic heterocycles. The van der Waals surface area contributed by atoms with Gasteiger partial charge in [-0.15, -0.1) is 0 Å². The molecule has 24 heavy (non-hydrogen) atoms. The summed E-state index contributed by atoms with van der Waals surface area (Å²) in [6, 6.07) is -0.464. The van der Waals surface area contributed by atoms with Crippen molar-refractivity contribution in [2.24, 2.45) is 5.73 Å². The van der Waals surface area contributed by atoms with Crippen molar-refractivity contribution >= 4 is 11.8 Å². The van der Waals surface area contributed by atoms with Gasteiger partial charge in [-0.3, -0.25) is 9.59 Å². The van der Waals surface area contributed by atoms with Gasteiger partial charge in [0.15, 0.2) is 0 Å².